The minimum Gasteiger partial charge on any atom is -0.308 e. The molecule has 4 heteroatoms. The Balaban J connectivity index is 2.86. The molecule has 0 unspecified atom stereocenters. The van der Waals surface area contributed by atoms with Crippen LogP contribution in [0.1, 0.15) is 37.4 Å². The van der Waals surface area contributed by atoms with E-state index in [2.05, 4.69) is 29.2 Å². The molecule has 4 nitrogen and oxygen atoms in total. The van der Waals surface area contributed by atoms with Crippen molar-refractivity contribution >= 4 is 5.82 Å². The SMILES string of the molecule is Cc1nc(CCC(C)C)nc(NN)c1C. The fourth-order valence-electron chi connectivity index (χ4n) is 1.36. The first kappa shape index (κ1) is 11.9. The second kappa shape index (κ2) is 5.07. The van der Waals surface area contributed by atoms with Gasteiger partial charge < -0.3 is 5.43 Å². The van der Waals surface area contributed by atoms with Crippen molar-refractivity contribution in [1.82, 2.24) is 9.97 Å². The molecule has 0 saturated heterocycles. The Labute approximate surface area is 91.3 Å². The summed E-state index contributed by atoms with van der Waals surface area (Å²) in [5.74, 6) is 7.69. The summed E-state index contributed by atoms with van der Waals surface area (Å²) in [5, 5.41) is 0. The molecule has 0 aromatic carbocycles. The maximum absolute atomic E-state index is 5.40. The van der Waals surface area contributed by atoms with Gasteiger partial charge in [0.25, 0.3) is 0 Å². The molecule has 0 aliphatic heterocycles. The highest BCUT2D eigenvalue weighted by Gasteiger charge is 2.07. The Hall–Kier alpha value is -1.16. The Kier molecular flexibility index (Phi) is 4.03. The van der Waals surface area contributed by atoms with Crippen molar-refractivity contribution in [2.24, 2.45) is 11.8 Å². The molecule has 15 heavy (non-hydrogen) atoms. The summed E-state index contributed by atoms with van der Waals surface area (Å²) in [6.45, 7) is 8.35. The molecular weight excluding hydrogens is 188 g/mol. The van der Waals surface area contributed by atoms with Crippen LogP contribution >= 0.6 is 0 Å². The van der Waals surface area contributed by atoms with Gasteiger partial charge in [0, 0.05) is 17.7 Å². The highest BCUT2D eigenvalue weighted by Crippen LogP contribution is 2.15. The summed E-state index contributed by atoms with van der Waals surface area (Å²) < 4.78 is 0. The molecule has 0 saturated carbocycles. The summed E-state index contributed by atoms with van der Waals surface area (Å²) in [6.07, 6.45) is 2.01. The van der Waals surface area contributed by atoms with Gasteiger partial charge in [-0.2, -0.15) is 0 Å². The zero-order valence-corrected chi connectivity index (χ0v) is 9.96. The highest BCUT2D eigenvalue weighted by molar-refractivity contribution is 5.44. The van der Waals surface area contributed by atoms with Gasteiger partial charge in [-0.05, 0) is 26.2 Å². The van der Waals surface area contributed by atoms with Crippen LogP contribution in [0.2, 0.25) is 0 Å². The molecule has 0 amide bonds. The molecule has 1 rings (SSSR count). The smallest absolute Gasteiger partial charge is 0.146 e. The second-order valence-electron chi connectivity index (χ2n) is 4.28. The maximum Gasteiger partial charge on any atom is 0.146 e. The van der Waals surface area contributed by atoms with Crippen LogP contribution in [0.3, 0.4) is 0 Å². The summed E-state index contributed by atoms with van der Waals surface area (Å²) >= 11 is 0. The molecule has 0 radical (unpaired) electrons. The van der Waals surface area contributed by atoms with Crippen LogP contribution < -0.4 is 11.3 Å². The van der Waals surface area contributed by atoms with Crippen molar-refractivity contribution in [2.45, 2.75) is 40.5 Å². The van der Waals surface area contributed by atoms with E-state index in [0.717, 1.165) is 35.7 Å². The van der Waals surface area contributed by atoms with Crippen molar-refractivity contribution in [3.8, 4) is 0 Å². The third-order valence-corrected chi connectivity index (χ3v) is 2.52. The van der Waals surface area contributed by atoms with Crippen LogP contribution in [-0.2, 0) is 6.42 Å². The first-order chi connectivity index (χ1) is 7.04. The van der Waals surface area contributed by atoms with Gasteiger partial charge in [0.2, 0.25) is 0 Å². The van der Waals surface area contributed by atoms with E-state index >= 15 is 0 Å². The summed E-state index contributed by atoms with van der Waals surface area (Å²) in [6, 6.07) is 0. The summed E-state index contributed by atoms with van der Waals surface area (Å²) in [4.78, 5) is 8.82. The van der Waals surface area contributed by atoms with Crippen LogP contribution in [0.5, 0.6) is 0 Å². The first-order valence-electron chi connectivity index (χ1n) is 5.35. The van der Waals surface area contributed by atoms with Gasteiger partial charge in [-0.1, -0.05) is 13.8 Å². The number of hydrogen-bond donors (Lipinski definition) is 2. The molecule has 1 aromatic rings. The second-order valence-corrected chi connectivity index (χ2v) is 4.28. The predicted molar refractivity (Wildman–Crippen MR) is 62.5 cm³/mol. The average molecular weight is 208 g/mol. The van der Waals surface area contributed by atoms with E-state index < -0.39 is 0 Å². The molecule has 0 spiro atoms. The van der Waals surface area contributed by atoms with Crippen LogP contribution in [0.25, 0.3) is 0 Å². The lowest BCUT2D eigenvalue weighted by Crippen LogP contribution is -2.13. The van der Waals surface area contributed by atoms with Gasteiger partial charge >= 0.3 is 0 Å². The number of hydrazine groups is 1. The van der Waals surface area contributed by atoms with Crippen molar-refractivity contribution in [3.63, 3.8) is 0 Å². The number of aryl methyl sites for hydroxylation is 2. The van der Waals surface area contributed by atoms with E-state index in [9.17, 15) is 0 Å². The van der Waals surface area contributed by atoms with Crippen molar-refractivity contribution < 1.29 is 0 Å². The number of rotatable bonds is 4. The largest absolute Gasteiger partial charge is 0.308 e. The maximum atomic E-state index is 5.40. The summed E-state index contributed by atoms with van der Waals surface area (Å²) in [7, 11) is 0. The van der Waals surface area contributed by atoms with E-state index in [4.69, 9.17) is 5.84 Å². The molecule has 0 bridgehead atoms. The van der Waals surface area contributed by atoms with Crippen LogP contribution in [-0.4, -0.2) is 9.97 Å². The lowest BCUT2D eigenvalue weighted by Gasteiger charge is -2.10. The third kappa shape index (κ3) is 3.16. The number of anilines is 1. The Morgan fingerprint density at radius 2 is 1.93 bits per heavy atom. The third-order valence-electron chi connectivity index (χ3n) is 2.52. The zero-order chi connectivity index (χ0) is 11.4. The fraction of sp³-hybridized carbons (Fsp3) is 0.636. The van der Waals surface area contributed by atoms with Crippen LogP contribution in [0.4, 0.5) is 5.82 Å². The predicted octanol–water partition coefficient (Wildman–Crippen LogP) is 1.97. The Morgan fingerprint density at radius 1 is 1.27 bits per heavy atom. The number of nitrogens with two attached hydrogens (primary N) is 1. The van der Waals surface area contributed by atoms with E-state index in [0.29, 0.717) is 5.92 Å². The molecule has 0 fully saturated rings. The van der Waals surface area contributed by atoms with Gasteiger partial charge in [-0.25, -0.2) is 15.8 Å². The van der Waals surface area contributed by atoms with E-state index in [1.54, 1.807) is 0 Å². The molecule has 84 valence electrons. The zero-order valence-electron chi connectivity index (χ0n) is 9.96. The quantitative estimate of drug-likeness (QED) is 0.586. The van der Waals surface area contributed by atoms with Gasteiger partial charge in [-0.3, -0.25) is 0 Å². The Morgan fingerprint density at radius 3 is 2.47 bits per heavy atom. The van der Waals surface area contributed by atoms with E-state index in [1.807, 2.05) is 13.8 Å². The molecule has 0 atom stereocenters. The first-order valence-corrected chi connectivity index (χ1v) is 5.35. The van der Waals surface area contributed by atoms with Gasteiger partial charge in [0.05, 0.1) is 0 Å². The number of nitrogens with one attached hydrogen (secondary N) is 1. The number of hydrogen-bond acceptors (Lipinski definition) is 4. The fourth-order valence-corrected chi connectivity index (χ4v) is 1.36. The molecule has 0 aliphatic carbocycles. The van der Waals surface area contributed by atoms with E-state index in [1.165, 1.54) is 0 Å². The minimum atomic E-state index is 0.671. The van der Waals surface area contributed by atoms with Crippen LogP contribution in [0, 0.1) is 19.8 Å². The van der Waals surface area contributed by atoms with Crippen molar-refractivity contribution in [1.29, 1.82) is 0 Å². The molecular formula is C11H20N4. The lowest BCUT2D eigenvalue weighted by molar-refractivity contribution is 0.574. The average Bonchev–Trinajstić information content (AvgIpc) is 2.19. The minimum absolute atomic E-state index is 0.671. The lowest BCUT2D eigenvalue weighted by atomic mass is 10.1. The van der Waals surface area contributed by atoms with Crippen molar-refractivity contribution in [2.75, 3.05) is 5.43 Å². The van der Waals surface area contributed by atoms with Crippen molar-refractivity contribution in [3.05, 3.63) is 17.1 Å². The topological polar surface area (TPSA) is 63.8 Å². The van der Waals surface area contributed by atoms with E-state index in [-0.39, 0.29) is 0 Å². The van der Waals surface area contributed by atoms with Gasteiger partial charge in [-0.15, -0.1) is 0 Å². The number of nitrogen functional groups attached to an aromatic ring is 1. The Bertz CT molecular complexity index is 334. The van der Waals surface area contributed by atoms with Gasteiger partial charge in [0.1, 0.15) is 11.6 Å². The molecule has 0 aliphatic rings. The molecule has 1 heterocycles. The van der Waals surface area contributed by atoms with Crippen LogP contribution in [0.15, 0.2) is 0 Å². The molecule has 3 N–H and O–H groups in total. The molecule has 1 aromatic heterocycles. The van der Waals surface area contributed by atoms with Gasteiger partial charge in [0.15, 0.2) is 0 Å². The highest BCUT2D eigenvalue weighted by atomic mass is 15.3. The number of nitrogens with zero attached hydrogens (tertiary/aromatic N) is 2. The normalized spacial score (nSPS) is 10.8. The summed E-state index contributed by atoms with van der Waals surface area (Å²) in [5.41, 5.74) is 4.63. The number of aromatic nitrogens is 2. The monoisotopic (exact) mass is 208 g/mol. The standard InChI is InChI=1S/C11H20N4/c1-7(2)5-6-10-13-9(4)8(3)11(14-10)15-12/h7H,5-6,12H2,1-4H3,(H,13,14,15).